The normalized spacial score (nSPS) is 12.0. The van der Waals surface area contributed by atoms with Gasteiger partial charge < -0.3 is 18.8 Å². The van der Waals surface area contributed by atoms with E-state index in [0.29, 0.717) is 30.1 Å². The van der Waals surface area contributed by atoms with Crippen molar-refractivity contribution in [3.63, 3.8) is 0 Å². The molecule has 3 aromatic rings. The van der Waals surface area contributed by atoms with Crippen LogP contribution in [0.25, 0.3) is 11.3 Å². The average molecular weight is 312 g/mol. The summed E-state index contributed by atoms with van der Waals surface area (Å²) in [5, 5.41) is 9.92. The van der Waals surface area contributed by atoms with E-state index in [1.807, 2.05) is 12.1 Å². The van der Waals surface area contributed by atoms with Crippen LogP contribution in [0.2, 0.25) is 0 Å². The van der Waals surface area contributed by atoms with Crippen LogP contribution in [0, 0.1) is 0 Å². The molecule has 0 aliphatic heterocycles. The highest BCUT2D eigenvalue weighted by Gasteiger charge is 2.07. The van der Waals surface area contributed by atoms with E-state index >= 15 is 0 Å². The molecule has 3 rings (SSSR count). The second-order valence-corrected chi connectivity index (χ2v) is 5.07. The number of aromatic nitrogens is 2. The number of ether oxygens (including phenoxy) is 1. The molecule has 0 saturated carbocycles. The minimum Gasteiger partial charge on any atom is -0.491 e. The van der Waals surface area contributed by atoms with Crippen molar-refractivity contribution in [1.29, 1.82) is 0 Å². The zero-order valence-corrected chi connectivity index (χ0v) is 12.3. The van der Waals surface area contributed by atoms with Gasteiger partial charge in [0.15, 0.2) is 12.0 Å². The van der Waals surface area contributed by atoms with Crippen molar-refractivity contribution < 1.29 is 19.1 Å². The van der Waals surface area contributed by atoms with Crippen LogP contribution >= 0.6 is 0 Å². The maximum atomic E-state index is 10.6. The number of carbonyl (C=O) groups excluding carboxylic acids is 1. The fraction of sp³-hybridized carbons (Fsp3) is 0.176. The molecule has 6 nitrogen and oxygen atoms in total. The van der Waals surface area contributed by atoms with Crippen LogP contribution in [0.1, 0.15) is 10.6 Å². The molecule has 2 aromatic heterocycles. The smallest absolute Gasteiger partial charge is 0.185 e. The maximum absolute atomic E-state index is 10.6. The van der Waals surface area contributed by atoms with Crippen molar-refractivity contribution in [2.24, 2.45) is 0 Å². The predicted molar refractivity (Wildman–Crippen MR) is 83.3 cm³/mol. The summed E-state index contributed by atoms with van der Waals surface area (Å²) in [5.74, 6) is 1.57. The summed E-state index contributed by atoms with van der Waals surface area (Å²) >= 11 is 0. The van der Waals surface area contributed by atoms with Gasteiger partial charge >= 0.3 is 0 Å². The lowest BCUT2D eigenvalue weighted by atomic mass is 10.2. The van der Waals surface area contributed by atoms with Gasteiger partial charge in [-0.05, 0) is 36.4 Å². The Kier molecular flexibility index (Phi) is 4.54. The lowest BCUT2D eigenvalue weighted by Crippen LogP contribution is -2.22. The zero-order chi connectivity index (χ0) is 16.1. The number of benzene rings is 1. The summed E-state index contributed by atoms with van der Waals surface area (Å²) in [7, 11) is 0. The Morgan fingerprint density at radius 2 is 2.09 bits per heavy atom. The minimum atomic E-state index is -0.621. The molecule has 0 aliphatic rings. The lowest BCUT2D eigenvalue weighted by Gasteiger charge is -2.13. The van der Waals surface area contributed by atoms with Crippen molar-refractivity contribution in [2.45, 2.75) is 12.6 Å². The van der Waals surface area contributed by atoms with Crippen LogP contribution in [-0.2, 0) is 6.54 Å². The van der Waals surface area contributed by atoms with Gasteiger partial charge in [0.05, 0.1) is 12.9 Å². The number of furan rings is 1. The fourth-order valence-electron chi connectivity index (χ4n) is 2.17. The van der Waals surface area contributed by atoms with Gasteiger partial charge in [-0.3, -0.25) is 4.79 Å². The maximum Gasteiger partial charge on any atom is 0.185 e. The van der Waals surface area contributed by atoms with Crippen molar-refractivity contribution >= 4 is 6.29 Å². The zero-order valence-electron chi connectivity index (χ0n) is 12.3. The van der Waals surface area contributed by atoms with Crippen LogP contribution in [0.4, 0.5) is 0 Å². The molecule has 0 saturated heterocycles. The van der Waals surface area contributed by atoms with Crippen LogP contribution in [0.3, 0.4) is 0 Å². The van der Waals surface area contributed by atoms with Gasteiger partial charge in [0, 0.05) is 18.0 Å². The number of carbonyl (C=O) groups is 1. The van der Waals surface area contributed by atoms with Crippen LogP contribution in [-0.4, -0.2) is 33.7 Å². The third-order valence-corrected chi connectivity index (χ3v) is 3.30. The molecule has 1 aromatic carbocycles. The first-order valence-electron chi connectivity index (χ1n) is 7.16. The van der Waals surface area contributed by atoms with E-state index in [4.69, 9.17) is 9.15 Å². The molecule has 0 spiro atoms. The molecule has 23 heavy (non-hydrogen) atoms. The van der Waals surface area contributed by atoms with Gasteiger partial charge in [-0.2, -0.15) is 0 Å². The number of imidazole rings is 1. The Morgan fingerprint density at radius 1 is 1.26 bits per heavy atom. The third kappa shape index (κ3) is 3.87. The number of aliphatic hydroxyl groups is 1. The SMILES string of the molecule is O=Cc1ccc(-c2ccc(OCC(O)Cn3ccnc3)cc2)o1. The van der Waals surface area contributed by atoms with E-state index < -0.39 is 6.10 Å². The van der Waals surface area contributed by atoms with Crippen molar-refractivity contribution in [1.82, 2.24) is 9.55 Å². The second kappa shape index (κ2) is 6.93. The van der Waals surface area contributed by atoms with Crippen LogP contribution in [0.5, 0.6) is 5.75 Å². The Balaban J connectivity index is 1.56. The summed E-state index contributed by atoms with van der Waals surface area (Å²) in [6.07, 6.45) is 5.15. The van der Waals surface area contributed by atoms with Crippen LogP contribution in [0.15, 0.2) is 59.5 Å². The minimum absolute atomic E-state index is 0.188. The van der Waals surface area contributed by atoms with Crippen molar-refractivity contribution in [3.8, 4) is 17.1 Å². The molecule has 1 N–H and O–H groups in total. The molecule has 0 aliphatic carbocycles. The van der Waals surface area contributed by atoms with Gasteiger partial charge in [0.1, 0.15) is 24.2 Å². The van der Waals surface area contributed by atoms with E-state index in [2.05, 4.69) is 4.98 Å². The largest absolute Gasteiger partial charge is 0.491 e. The van der Waals surface area contributed by atoms with E-state index in [1.54, 1.807) is 47.6 Å². The molecule has 2 heterocycles. The van der Waals surface area contributed by atoms with Gasteiger partial charge in [-0.1, -0.05) is 0 Å². The summed E-state index contributed by atoms with van der Waals surface area (Å²) in [6.45, 7) is 0.618. The van der Waals surface area contributed by atoms with Gasteiger partial charge in [-0.25, -0.2) is 4.98 Å². The number of aldehydes is 1. The number of aliphatic hydroxyl groups excluding tert-OH is 1. The van der Waals surface area contributed by atoms with Crippen molar-refractivity contribution in [2.75, 3.05) is 6.61 Å². The van der Waals surface area contributed by atoms with E-state index in [1.165, 1.54) is 0 Å². The van der Waals surface area contributed by atoms with E-state index in [-0.39, 0.29) is 6.61 Å². The highest BCUT2D eigenvalue weighted by Crippen LogP contribution is 2.24. The highest BCUT2D eigenvalue weighted by molar-refractivity contribution is 5.72. The van der Waals surface area contributed by atoms with Gasteiger partial charge in [0.25, 0.3) is 0 Å². The monoisotopic (exact) mass is 312 g/mol. The van der Waals surface area contributed by atoms with E-state index in [9.17, 15) is 9.90 Å². The van der Waals surface area contributed by atoms with Crippen molar-refractivity contribution in [3.05, 3.63) is 60.9 Å². The molecule has 6 heteroatoms. The summed E-state index contributed by atoms with van der Waals surface area (Å²) in [5.41, 5.74) is 0.851. The molecule has 0 fully saturated rings. The molecule has 0 amide bonds. The first kappa shape index (κ1) is 15.1. The quantitative estimate of drug-likeness (QED) is 0.678. The molecular formula is C17H16N2O4. The second-order valence-electron chi connectivity index (χ2n) is 5.07. The lowest BCUT2D eigenvalue weighted by molar-refractivity contribution is 0.0925. The first-order valence-corrected chi connectivity index (χ1v) is 7.16. The fourth-order valence-corrected chi connectivity index (χ4v) is 2.17. The Labute approximate surface area is 133 Å². The van der Waals surface area contributed by atoms with Gasteiger partial charge in [-0.15, -0.1) is 0 Å². The number of hydrogen-bond acceptors (Lipinski definition) is 5. The molecule has 1 atom stereocenters. The summed E-state index contributed by atoms with van der Waals surface area (Å²) < 4.78 is 12.7. The summed E-state index contributed by atoms with van der Waals surface area (Å²) in [6, 6.07) is 10.6. The molecule has 0 bridgehead atoms. The predicted octanol–water partition coefficient (Wildman–Crippen LogP) is 2.40. The topological polar surface area (TPSA) is 77.5 Å². The Hall–Kier alpha value is -2.86. The molecular weight excluding hydrogens is 296 g/mol. The number of nitrogens with zero attached hydrogens (tertiary/aromatic N) is 2. The highest BCUT2D eigenvalue weighted by atomic mass is 16.5. The Bertz CT molecular complexity index is 747. The van der Waals surface area contributed by atoms with E-state index in [0.717, 1.165) is 5.56 Å². The number of hydrogen-bond donors (Lipinski definition) is 1. The molecule has 118 valence electrons. The van der Waals surface area contributed by atoms with Gasteiger partial charge in [0.2, 0.25) is 0 Å². The van der Waals surface area contributed by atoms with Crippen LogP contribution < -0.4 is 4.74 Å². The summed E-state index contributed by atoms with van der Waals surface area (Å²) in [4.78, 5) is 14.5. The Morgan fingerprint density at radius 3 is 2.74 bits per heavy atom. The average Bonchev–Trinajstić information content (AvgIpc) is 3.25. The number of rotatable bonds is 7. The molecule has 0 radical (unpaired) electrons. The third-order valence-electron chi connectivity index (χ3n) is 3.30. The standard InChI is InChI=1S/C17H16N2O4/c20-10-16-5-6-17(23-16)13-1-3-15(4-2-13)22-11-14(21)9-19-8-7-18-12-19/h1-8,10,12,14,21H,9,11H2. The first-order chi connectivity index (χ1) is 11.2. The molecule has 1 unspecified atom stereocenters.